The fourth-order valence-electron chi connectivity index (χ4n) is 2.10. The van der Waals surface area contributed by atoms with Gasteiger partial charge in [-0.1, -0.05) is 13.3 Å². The molecule has 2 heterocycles. The molecule has 0 aromatic carbocycles. The Bertz CT molecular complexity index is 270. The summed E-state index contributed by atoms with van der Waals surface area (Å²) >= 11 is 0. The third-order valence-electron chi connectivity index (χ3n) is 2.89. The zero-order valence-corrected chi connectivity index (χ0v) is 9.16. The van der Waals surface area contributed by atoms with Crippen molar-refractivity contribution in [2.24, 2.45) is 4.99 Å². The molecule has 0 spiro atoms. The predicted molar refractivity (Wildman–Crippen MR) is 57.9 cm³/mol. The van der Waals surface area contributed by atoms with E-state index in [-0.39, 0.29) is 18.1 Å². The second kappa shape index (κ2) is 4.75. The summed E-state index contributed by atoms with van der Waals surface area (Å²) in [5.74, 6) is 0.884. The fourth-order valence-corrected chi connectivity index (χ4v) is 2.10. The average Bonchev–Trinajstić information content (AvgIpc) is 2.79. The first-order chi connectivity index (χ1) is 7.29. The van der Waals surface area contributed by atoms with Crippen LogP contribution in [0.25, 0.3) is 0 Å². The minimum Gasteiger partial charge on any atom is -0.378 e. The van der Waals surface area contributed by atoms with Crippen molar-refractivity contribution in [3.63, 3.8) is 0 Å². The largest absolute Gasteiger partial charge is 0.378 e. The fraction of sp³-hybridized carbons (Fsp3) is 0.818. The highest BCUT2D eigenvalue weighted by Crippen LogP contribution is 2.18. The van der Waals surface area contributed by atoms with E-state index in [9.17, 15) is 4.79 Å². The van der Waals surface area contributed by atoms with E-state index in [4.69, 9.17) is 4.74 Å². The molecule has 0 saturated carbocycles. The number of nitrogens with one attached hydrogen (secondary N) is 1. The van der Waals surface area contributed by atoms with Gasteiger partial charge in [0.05, 0.1) is 6.10 Å². The number of aliphatic imine (C=N–C) groups is 1. The van der Waals surface area contributed by atoms with Gasteiger partial charge in [-0.05, 0) is 19.3 Å². The van der Waals surface area contributed by atoms with Crippen LogP contribution >= 0.6 is 0 Å². The summed E-state index contributed by atoms with van der Waals surface area (Å²) in [6.45, 7) is 2.92. The third-order valence-corrected chi connectivity index (χ3v) is 2.89. The lowest BCUT2D eigenvalue weighted by Gasteiger charge is -2.07. The highest BCUT2D eigenvalue weighted by molar-refractivity contribution is 6.05. The maximum atomic E-state index is 11.5. The second-order valence-electron chi connectivity index (χ2n) is 4.21. The summed E-state index contributed by atoms with van der Waals surface area (Å²) in [6, 6.07) is -0.147. The van der Waals surface area contributed by atoms with Crippen LogP contribution in [0.4, 0.5) is 0 Å². The van der Waals surface area contributed by atoms with E-state index in [2.05, 4.69) is 17.2 Å². The van der Waals surface area contributed by atoms with E-state index >= 15 is 0 Å². The van der Waals surface area contributed by atoms with Crippen LogP contribution in [0.2, 0.25) is 0 Å². The topological polar surface area (TPSA) is 50.7 Å². The molecule has 1 saturated heterocycles. The number of hydrogen-bond donors (Lipinski definition) is 1. The molecule has 2 rings (SSSR count). The first kappa shape index (κ1) is 10.6. The predicted octanol–water partition coefficient (Wildman–Crippen LogP) is 1.25. The lowest BCUT2D eigenvalue weighted by molar-refractivity contribution is -0.120. The number of amides is 1. The molecule has 0 bridgehead atoms. The van der Waals surface area contributed by atoms with E-state index < -0.39 is 0 Å². The number of hydrogen-bond acceptors (Lipinski definition) is 3. The molecule has 84 valence electrons. The van der Waals surface area contributed by atoms with Gasteiger partial charge in [-0.3, -0.25) is 9.79 Å². The second-order valence-corrected chi connectivity index (χ2v) is 4.21. The van der Waals surface area contributed by atoms with Crippen molar-refractivity contribution in [1.82, 2.24) is 5.32 Å². The third kappa shape index (κ3) is 2.56. The van der Waals surface area contributed by atoms with Gasteiger partial charge in [-0.25, -0.2) is 0 Å². The lowest BCUT2D eigenvalue weighted by Crippen LogP contribution is -2.30. The minimum absolute atomic E-state index is 0.0600. The van der Waals surface area contributed by atoms with Crippen molar-refractivity contribution in [3.05, 3.63) is 0 Å². The van der Waals surface area contributed by atoms with Gasteiger partial charge in [-0.2, -0.15) is 0 Å². The molecule has 4 nitrogen and oxygen atoms in total. The molecule has 15 heavy (non-hydrogen) atoms. The molecular weight excluding hydrogens is 192 g/mol. The molecule has 2 aliphatic heterocycles. The SMILES string of the molecule is CCCC1N=C(CC2CCCO2)NC1=O. The number of amidine groups is 1. The lowest BCUT2D eigenvalue weighted by atomic mass is 10.2. The van der Waals surface area contributed by atoms with Crippen LogP contribution in [0.15, 0.2) is 4.99 Å². The Morgan fingerprint density at radius 3 is 3.13 bits per heavy atom. The molecule has 1 N–H and O–H groups in total. The van der Waals surface area contributed by atoms with Gasteiger partial charge in [0.25, 0.3) is 0 Å². The molecule has 1 fully saturated rings. The molecule has 0 aliphatic carbocycles. The van der Waals surface area contributed by atoms with Crippen LogP contribution in [0.1, 0.15) is 39.0 Å². The molecular formula is C11H18N2O2. The Morgan fingerprint density at radius 1 is 1.60 bits per heavy atom. The quantitative estimate of drug-likeness (QED) is 0.759. The summed E-state index contributed by atoms with van der Waals surface area (Å²) in [7, 11) is 0. The zero-order chi connectivity index (χ0) is 10.7. The molecule has 4 heteroatoms. The highest BCUT2D eigenvalue weighted by atomic mass is 16.5. The van der Waals surface area contributed by atoms with Crippen LogP contribution in [0.3, 0.4) is 0 Å². The van der Waals surface area contributed by atoms with Crippen molar-refractivity contribution >= 4 is 11.7 Å². The van der Waals surface area contributed by atoms with E-state index in [1.807, 2.05) is 0 Å². The van der Waals surface area contributed by atoms with Gasteiger partial charge in [-0.15, -0.1) is 0 Å². The molecule has 0 aromatic rings. The van der Waals surface area contributed by atoms with E-state index in [1.54, 1.807) is 0 Å². The van der Waals surface area contributed by atoms with Gasteiger partial charge in [0.1, 0.15) is 11.9 Å². The van der Waals surface area contributed by atoms with Crippen LogP contribution in [-0.2, 0) is 9.53 Å². The average molecular weight is 210 g/mol. The van der Waals surface area contributed by atoms with Crippen LogP contribution in [0.5, 0.6) is 0 Å². The van der Waals surface area contributed by atoms with Gasteiger partial charge in [0.2, 0.25) is 5.91 Å². The smallest absolute Gasteiger partial charge is 0.250 e. The minimum atomic E-state index is -0.147. The van der Waals surface area contributed by atoms with Crippen molar-refractivity contribution in [2.45, 2.75) is 51.2 Å². The highest BCUT2D eigenvalue weighted by Gasteiger charge is 2.27. The van der Waals surface area contributed by atoms with Crippen molar-refractivity contribution in [2.75, 3.05) is 6.61 Å². The number of ether oxygens (including phenoxy) is 1. The first-order valence-corrected chi connectivity index (χ1v) is 5.78. The standard InChI is InChI=1S/C11H18N2O2/c1-2-4-9-11(14)13-10(12-9)7-8-5-3-6-15-8/h8-9H,2-7H2,1H3,(H,12,13,14). The summed E-state index contributed by atoms with van der Waals surface area (Å²) in [6.07, 6.45) is 5.10. The normalized spacial score (nSPS) is 30.5. The summed E-state index contributed by atoms with van der Waals surface area (Å²) in [4.78, 5) is 15.9. The number of carbonyl (C=O) groups is 1. The molecule has 1 amide bonds. The van der Waals surface area contributed by atoms with Crippen molar-refractivity contribution in [3.8, 4) is 0 Å². The maximum Gasteiger partial charge on any atom is 0.250 e. The van der Waals surface area contributed by atoms with E-state index in [1.165, 1.54) is 0 Å². The van der Waals surface area contributed by atoms with Gasteiger partial charge >= 0.3 is 0 Å². The Morgan fingerprint density at radius 2 is 2.47 bits per heavy atom. The maximum absolute atomic E-state index is 11.5. The molecule has 0 aromatic heterocycles. The number of rotatable bonds is 4. The van der Waals surface area contributed by atoms with Crippen molar-refractivity contribution < 1.29 is 9.53 Å². The Hall–Kier alpha value is -0.900. The van der Waals surface area contributed by atoms with Crippen molar-refractivity contribution in [1.29, 1.82) is 0 Å². The number of nitrogens with zero attached hydrogens (tertiary/aromatic N) is 1. The molecule has 2 aliphatic rings. The Labute approximate surface area is 90.1 Å². The van der Waals surface area contributed by atoms with E-state index in [0.29, 0.717) is 0 Å². The molecule has 2 atom stereocenters. The van der Waals surface area contributed by atoms with E-state index in [0.717, 1.165) is 44.5 Å². The van der Waals surface area contributed by atoms with Gasteiger partial charge < -0.3 is 10.1 Å². The number of carbonyl (C=O) groups excluding carboxylic acids is 1. The molecule has 2 unspecified atom stereocenters. The van der Waals surface area contributed by atoms with Crippen LogP contribution < -0.4 is 5.32 Å². The van der Waals surface area contributed by atoms with Crippen LogP contribution in [-0.4, -0.2) is 30.5 Å². The zero-order valence-electron chi connectivity index (χ0n) is 9.16. The summed E-state index contributed by atoms with van der Waals surface area (Å²) < 4.78 is 5.51. The summed E-state index contributed by atoms with van der Waals surface area (Å²) in [5, 5.41) is 2.85. The van der Waals surface area contributed by atoms with Gasteiger partial charge in [0.15, 0.2) is 0 Å². The van der Waals surface area contributed by atoms with Gasteiger partial charge in [0, 0.05) is 13.0 Å². The Kier molecular flexibility index (Phi) is 3.36. The Balaban J connectivity index is 1.87. The molecule has 0 radical (unpaired) electrons. The van der Waals surface area contributed by atoms with Crippen LogP contribution in [0, 0.1) is 0 Å². The first-order valence-electron chi connectivity index (χ1n) is 5.78. The monoisotopic (exact) mass is 210 g/mol. The summed E-state index contributed by atoms with van der Waals surface area (Å²) in [5.41, 5.74) is 0.